The van der Waals surface area contributed by atoms with E-state index in [9.17, 15) is 0 Å². The van der Waals surface area contributed by atoms with Gasteiger partial charge in [-0.25, -0.2) is 0 Å². The molecule has 0 spiro atoms. The molecule has 2 rings (SSSR count). The number of likely N-dealkylation sites (N-methyl/N-ethyl adjacent to an activating group) is 2. The molecule has 0 amide bonds. The van der Waals surface area contributed by atoms with E-state index >= 15 is 0 Å². The van der Waals surface area contributed by atoms with Crippen molar-refractivity contribution in [2.75, 3.05) is 20.6 Å². The average Bonchev–Trinajstić information content (AvgIpc) is 2.69. The van der Waals surface area contributed by atoms with E-state index in [0.29, 0.717) is 18.1 Å². The number of nitrogens with one attached hydrogen (secondary N) is 2. The average molecular weight is 211 g/mol. The van der Waals surface area contributed by atoms with Gasteiger partial charge >= 0.3 is 0 Å². The minimum Gasteiger partial charge on any atom is -0.314 e. The van der Waals surface area contributed by atoms with E-state index in [1.165, 1.54) is 6.54 Å². The molecule has 0 aromatic heterocycles. The first-order valence-corrected chi connectivity index (χ1v) is 6.22. The van der Waals surface area contributed by atoms with Crippen LogP contribution in [0.25, 0.3) is 0 Å². The molecule has 2 N–H and O–H groups in total. The third-order valence-corrected chi connectivity index (χ3v) is 4.74. The molecule has 3 nitrogen and oxygen atoms in total. The topological polar surface area (TPSA) is 27.3 Å². The molecular weight excluding hydrogens is 186 g/mol. The molecule has 1 aliphatic heterocycles. The highest BCUT2D eigenvalue weighted by molar-refractivity contribution is 5.08. The van der Waals surface area contributed by atoms with Crippen LogP contribution in [0, 0.1) is 11.8 Å². The Hall–Kier alpha value is -0.120. The normalized spacial score (nSPS) is 51.0. The molecule has 2 aliphatic rings. The van der Waals surface area contributed by atoms with E-state index in [-0.39, 0.29) is 0 Å². The lowest BCUT2D eigenvalue weighted by Gasteiger charge is -2.25. The molecule has 0 bridgehead atoms. The number of hydrogen-bond acceptors (Lipinski definition) is 3. The molecule has 1 heterocycles. The van der Waals surface area contributed by atoms with Crippen molar-refractivity contribution in [3.8, 4) is 0 Å². The molecule has 2 fully saturated rings. The Morgan fingerprint density at radius 1 is 1.00 bits per heavy atom. The zero-order valence-electron chi connectivity index (χ0n) is 10.6. The molecule has 1 saturated carbocycles. The van der Waals surface area contributed by atoms with Crippen molar-refractivity contribution in [1.82, 2.24) is 15.5 Å². The van der Waals surface area contributed by atoms with Gasteiger partial charge in [0.05, 0.1) is 0 Å². The second-order valence-electron chi connectivity index (χ2n) is 5.36. The summed E-state index contributed by atoms with van der Waals surface area (Å²) in [4.78, 5) is 2.69. The monoisotopic (exact) mass is 211 g/mol. The molecule has 1 aliphatic carbocycles. The Morgan fingerprint density at radius 2 is 1.60 bits per heavy atom. The standard InChI is InChI=1S/C12H25N3/c1-7-8(2)12(7)15-6-10(13-4)11(14-5)9(15)3/h7-14H,6H2,1-5H3. The van der Waals surface area contributed by atoms with Crippen LogP contribution in [0.2, 0.25) is 0 Å². The maximum absolute atomic E-state index is 3.45. The van der Waals surface area contributed by atoms with Crippen LogP contribution in [0.1, 0.15) is 20.8 Å². The van der Waals surface area contributed by atoms with E-state index < -0.39 is 0 Å². The van der Waals surface area contributed by atoms with E-state index in [1.54, 1.807) is 0 Å². The van der Waals surface area contributed by atoms with Crippen molar-refractivity contribution in [3.63, 3.8) is 0 Å². The molecule has 1 saturated heterocycles. The van der Waals surface area contributed by atoms with Crippen molar-refractivity contribution in [1.29, 1.82) is 0 Å². The molecule has 88 valence electrons. The molecule has 15 heavy (non-hydrogen) atoms. The molecule has 0 radical (unpaired) electrons. The van der Waals surface area contributed by atoms with Crippen LogP contribution in [-0.2, 0) is 0 Å². The van der Waals surface area contributed by atoms with Gasteiger partial charge in [-0.2, -0.15) is 0 Å². The third kappa shape index (κ3) is 1.71. The van der Waals surface area contributed by atoms with Gasteiger partial charge in [0.1, 0.15) is 0 Å². The molecule has 5 atom stereocenters. The second-order valence-corrected chi connectivity index (χ2v) is 5.36. The highest BCUT2D eigenvalue weighted by Gasteiger charge is 2.52. The maximum Gasteiger partial charge on any atom is 0.0385 e. The first-order chi connectivity index (χ1) is 7.11. The van der Waals surface area contributed by atoms with Crippen LogP contribution in [0.15, 0.2) is 0 Å². The largest absolute Gasteiger partial charge is 0.314 e. The van der Waals surface area contributed by atoms with Crippen LogP contribution < -0.4 is 10.6 Å². The van der Waals surface area contributed by atoms with Crippen LogP contribution >= 0.6 is 0 Å². The van der Waals surface area contributed by atoms with Gasteiger partial charge in [-0.05, 0) is 32.9 Å². The quantitative estimate of drug-likeness (QED) is 0.713. The van der Waals surface area contributed by atoms with Gasteiger partial charge in [-0.1, -0.05) is 13.8 Å². The summed E-state index contributed by atoms with van der Waals surface area (Å²) in [6, 6.07) is 2.68. The van der Waals surface area contributed by atoms with E-state index in [2.05, 4.69) is 50.4 Å². The van der Waals surface area contributed by atoms with E-state index in [1.807, 2.05) is 0 Å². The lowest BCUT2D eigenvalue weighted by Crippen LogP contribution is -2.47. The van der Waals surface area contributed by atoms with Crippen molar-refractivity contribution in [3.05, 3.63) is 0 Å². The maximum atomic E-state index is 3.45. The minimum absolute atomic E-state index is 0.593. The fraction of sp³-hybridized carbons (Fsp3) is 1.00. The Morgan fingerprint density at radius 3 is 1.93 bits per heavy atom. The van der Waals surface area contributed by atoms with Gasteiger partial charge in [0, 0.05) is 30.7 Å². The van der Waals surface area contributed by atoms with E-state index in [4.69, 9.17) is 0 Å². The highest BCUT2D eigenvalue weighted by Crippen LogP contribution is 2.45. The Kier molecular flexibility index (Phi) is 3.06. The zero-order chi connectivity index (χ0) is 11.2. The fourth-order valence-corrected chi connectivity index (χ4v) is 3.40. The smallest absolute Gasteiger partial charge is 0.0385 e. The summed E-state index contributed by atoms with van der Waals surface area (Å²) in [7, 11) is 4.15. The summed E-state index contributed by atoms with van der Waals surface area (Å²) in [6.45, 7) is 8.31. The summed E-state index contributed by atoms with van der Waals surface area (Å²) in [6.07, 6.45) is 0. The van der Waals surface area contributed by atoms with Crippen LogP contribution in [0.4, 0.5) is 0 Å². The van der Waals surface area contributed by atoms with Gasteiger partial charge in [0.2, 0.25) is 0 Å². The van der Waals surface area contributed by atoms with Crippen LogP contribution in [-0.4, -0.2) is 49.7 Å². The van der Waals surface area contributed by atoms with E-state index in [0.717, 1.165) is 17.9 Å². The Labute approximate surface area is 93.6 Å². The number of nitrogens with zero attached hydrogens (tertiary/aromatic N) is 1. The molecule has 5 unspecified atom stereocenters. The SMILES string of the molecule is CNC1CN(C2C(C)C2C)C(C)C1NC. The highest BCUT2D eigenvalue weighted by atomic mass is 15.3. The summed E-state index contributed by atoms with van der Waals surface area (Å²) in [5, 5.41) is 6.89. The second kappa shape index (κ2) is 4.04. The predicted octanol–water partition coefficient (Wildman–Crippen LogP) is 0.521. The Balaban J connectivity index is 2.04. The molecule has 0 aromatic carbocycles. The van der Waals surface area contributed by atoms with Gasteiger partial charge in [-0.15, -0.1) is 0 Å². The molecular formula is C12H25N3. The first kappa shape index (κ1) is 11.4. The van der Waals surface area contributed by atoms with Crippen molar-refractivity contribution >= 4 is 0 Å². The lowest BCUT2D eigenvalue weighted by atomic mass is 10.1. The predicted molar refractivity (Wildman–Crippen MR) is 64.0 cm³/mol. The van der Waals surface area contributed by atoms with Crippen molar-refractivity contribution < 1.29 is 0 Å². The van der Waals surface area contributed by atoms with Crippen molar-refractivity contribution in [2.45, 2.75) is 44.9 Å². The van der Waals surface area contributed by atoms with Gasteiger partial charge < -0.3 is 10.6 Å². The molecule has 3 heteroatoms. The van der Waals surface area contributed by atoms with Crippen LogP contribution in [0.5, 0.6) is 0 Å². The summed E-state index contributed by atoms with van der Waals surface area (Å²) >= 11 is 0. The summed E-state index contributed by atoms with van der Waals surface area (Å²) in [5.74, 6) is 1.78. The molecule has 0 aromatic rings. The van der Waals surface area contributed by atoms with Gasteiger partial charge in [-0.3, -0.25) is 4.90 Å². The number of hydrogen-bond donors (Lipinski definition) is 2. The number of rotatable bonds is 3. The van der Waals surface area contributed by atoms with Gasteiger partial charge in [0.25, 0.3) is 0 Å². The zero-order valence-corrected chi connectivity index (χ0v) is 10.6. The first-order valence-electron chi connectivity index (χ1n) is 6.22. The van der Waals surface area contributed by atoms with Crippen LogP contribution in [0.3, 0.4) is 0 Å². The summed E-state index contributed by atoms with van der Waals surface area (Å²) in [5.41, 5.74) is 0. The minimum atomic E-state index is 0.593. The Bertz CT molecular complexity index is 223. The van der Waals surface area contributed by atoms with Gasteiger partial charge in [0.15, 0.2) is 0 Å². The lowest BCUT2D eigenvalue weighted by molar-refractivity contribution is 0.227. The summed E-state index contributed by atoms with van der Waals surface area (Å²) < 4.78 is 0. The van der Waals surface area contributed by atoms with Crippen molar-refractivity contribution in [2.24, 2.45) is 11.8 Å². The fourth-order valence-electron chi connectivity index (χ4n) is 3.40. The number of likely N-dealkylation sites (tertiary alicyclic amines) is 1. The third-order valence-electron chi connectivity index (χ3n) is 4.74.